The van der Waals surface area contributed by atoms with E-state index >= 15 is 0 Å². The van der Waals surface area contributed by atoms with E-state index in [0.717, 1.165) is 42.0 Å². The molecule has 0 unspecified atom stereocenters. The summed E-state index contributed by atoms with van der Waals surface area (Å²) in [6.45, 7) is 0. The van der Waals surface area contributed by atoms with Gasteiger partial charge in [-0.3, -0.25) is 5.10 Å². The molecule has 0 amide bonds. The molecule has 1 aromatic carbocycles. The Morgan fingerprint density at radius 3 is 2.96 bits per heavy atom. The van der Waals surface area contributed by atoms with Crippen molar-refractivity contribution in [2.24, 2.45) is 0 Å². The number of hydrogen-bond acceptors (Lipinski definition) is 7. The monoisotopic (exact) mass is 361 g/mol. The van der Waals surface area contributed by atoms with Gasteiger partial charge >= 0.3 is 0 Å². The lowest BCUT2D eigenvalue weighted by Gasteiger charge is -2.13. The minimum absolute atomic E-state index is 0.279. The minimum atomic E-state index is 0.279. The fourth-order valence-corrected chi connectivity index (χ4v) is 3.68. The molecule has 1 aliphatic carbocycles. The van der Waals surface area contributed by atoms with E-state index in [-0.39, 0.29) is 5.92 Å². The van der Waals surface area contributed by atoms with Crippen molar-refractivity contribution < 1.29 is 4.42 Å². The highest BCUT2D eigenvalue weighted by atomic mass is 16.4. The van der Waals surface area contributed by atoms with Crippen LogP contribution in [0.15, 0.2) is 47.3 Å². The summed E-state index contributed by atoms with van der Waals surface area (Å²) in [6.07, 6.45) is 6.95. The molecule has 4 aromatic rings. The highest BCUT2D eigenvalue weighted by Crippen LogP contribution is 2.35. The zero-order valence-corrected chi connectivity index (χ0v) is 14.7. The van der Waals surface area contributed by atoms with Crippen LogP contribution < -0.4 is 5.32 Å². The average molecular weight is 361 g/mol. The van der Waals surface area contributed by atoms with Crippen LogP contribution in [0.1, 0.15) is 42.5 Å². The lowest BCUT2D eigenvalue weighted by Crippen LogP contribution is -2.16. The quantitative estimate of drug-likeness (QED) is 0.563. The van der Waals surface area contributed by atoms with E-state index in [9.17, 15) is 0 Å². The Hall–Kier alpha value is -3.29. The average Bonchev–Trinajstić information content (AvgIpc) is 3.43. The molecule has 3 heterocycles. The Kier molecular flexibility index (Phi) is 4.00. The van der Waals surface area contributed by atoms with Gasteiger partial charge in [0, 0.05) is 12.0 Å². The first-order valence-electron chi connectivity index (χ1n) is 9.12. The zero-order chi connectivity index (χ0) is 18.1. The van der Waals surface area contributed by atoms with E-state index in [2.05, 4.69) is 47.8 Å². The molecule has 1 fully saturated rings. The van der Waals surface area contributed by atoms with Gasteiger partial charge in [0.05, 0.1) is 18.0 Å². The van der Waals surface area contributed by atoms with Crippen LogP contribution in [0, 0.1) is 0 Å². The fourth-order valence-electron chi connectivity index (χ4n) is 3.68. The van der Waals surface area contributed by atoms with Gasteiger partial charge in [-0.15, -0.1) is 10.2 Å². The number of H-pyrrole nitrogens is 1. The number of aromatic nitrogens is 6. The highest BCUT2D eigenvalue weighted by molar-refractivity contribution is 5.85. The molecule has 0 bridgehead atoms. The summed E-state index contributed by atoms with van der Waals surface area (Å²) in [4.78, 5) is 8.53. The van der Waals surface area contributed by atoms with Crippen LogP contribution in [0.2, 0.25) is 0 Å². The first-order valence-corrected chi connectivity index (χ1v) is 9.12. The lowest BCUT2D eigenvalue weighted by atomic mass is 10.1. The summed E-state index contributed by atoms with van der Waals surface area (Å²) in [5, 5.41) is 19.8. The summed E-state index contributed by atoms with van der Waals surface area (Å²) in [7, 11) is 0. The van der Waals surface area contributed by atoms with E-state index in [0.29, 0.717) is 18.4 Å². The van der Waals surface area contributed by atoms with Crippen LogP contribution >= 0.6 is 0 Å². The van der Waals surface area contributed by atoms with Gasteiger partial charge in [0.25, 0.3) is 0 Å². The Morgan fingerprint density at radius 2 is 2.04 bits per heavy atom. The first-order chi connectivity index (χ1) is 13.3. The van der Waals surface area contributed by atoms with Gasteiger partial charge in [0.2, 0.25) is 11.8 Å². The van der Waals surface area contributed by atoms with Crippen molar-refractivity contribution in [1.82, 2.24) is 30.4 Å². The summed E-state index contributed by atoms with van der Waals surface area (Å²) in [5.74, 6) is 2.50. The van der Waals surface area contributed by atoms with Crippen LogP contribution in [0.4, 0.5) is 5.82 Å². The van der Waals surface area contributed by atoms with Gasteiger partial charge in [-0.25, -0.2) is 9.97 Å². The Labute approximate surface area is 155 Å². The highest BCUT2D eigenvalue weighted by Gasteiger charge is 2.30. The standard InChI is InChI=1S/C19H19N7O/c1-2-4-12(5-3-1)8-16-24-26-19(27-16)13-6-7-14(9-13)23-17-15-10-22-25-18(15)21-11-20-17/h1-5,10-11,13-14H,6-9H2,(H2,20,21,22,23,25)/t13-,14-/m0/s1. The molecule has 5 rings (SSSR count). The summed E-state index contributed by atoms with van der Waals surface area (Å²) >= 11 is 0. The Balaban J connectivity index is 1.25. The van der Waals surface area contributed by atoms with Gasteiger partial charge in [-0.1, -0.05) is 30.3 Å². The fraction of sp³-hybridized carbons (Fsp3) is 0.316. The summed E-state index contributed by atoms with van der Waals surface area (Å²) in [5.41, 5.74) is 1.91. The topological polar surface area (TPSA) is 105 Å². The van der Waals surface area contributed by atoms with Crippen molar-refractivity contribution in [3.8, 4) is 0 Å². The van der Waals surface area contributed by atoms with E-state index in [1.807, 2.05) is 18.2 Å². The maximum atomic E-state index is 5.94. The molecule has 1 aliphatic rings. The molecule has 27 heavy (non-hydrogen) atoms. The largest absolute Gasteiger partial charge is 0.425 e. The molecule has 0 aliphatic heterocycles. The molecular formula is C19H19N7O. The number of anilines is 1. The molecule has 0 radical (unpaired) electrons. The SMILES string of the molecule is c1ccc(Cc2nnc([C@H]3CC[C@H](Nc4ncnc5[nH]ncc45)C3)o2)cc1. The number of aromatic amines is 1. The molecule has 2 atom stereocenters. The van der Waals surface area contributed by atoms with Crippen LogP contribution in [-0.2, 0) is 6.42 Å². The molecule has 136 valence electrons. The van der Waals surface area contributed by atoms with Gasteiger partial charge in [-0.05, 0) is 24.8 Å². The van der Waals surface area contributed by atoms with Crippen LogP contribution in [-0.4, -0.2) is 36.4 Å². The minimum Gasteiger partial charge on any atom is -0.425 e. The third kappa shape index (κ3) is 3.25. The van der Waals surface area contributed by atoms with Crippen molar-refractivity contribution in [3.05, 3.63) is 60.2 Å². The molecule has 8 nitrogen and oxygen atoms in total. The van der Waals surface area contributed by atoms with E-state index in [1.54, 1.807) is 12.5 Å². The molecule has 1 saturated carbocycles. The van der Waals surface area contributed by atoms with Crippen molar-refractivity contribution in [1.29, 1.82) is 0 Å². The molecule has 8 heteroatoms. The van der Waals surface area contributed by atoms with Crippen molar-refractivity contribution in [3.63, 3.8) is 0 Å². The second kappa shape index (κ2) is 6.79. The second-order valence-corrected chi connectivity index (χ2v) is 6.90. The van der Waals surface area contributed by atoms with Gasteiger partial charge in [-0.2, -0.15) is 5.10 Å². The molecule has 0 saturated heterocycles. The van der Waals surface area contributed by atoms with Crippen molar-refractivity contribution in [2.75, 3.05) is 5.32 Å². The van der Waals surface area contributed by atoms with Crippen LogP contribution in [0.25, 0.3) is 11.0 Å². The lowest BCUT2D eigenvalue weighted by molar-refractivity contribution is 0.421. The predicted molar refractivity (Wildman–Crippen MR) is 99.2 cm³/mol. The van der Waals surface area contributed by atoms with Crippen LogP contribution in [0.5, 0.6) is 0 Å². The van der Waals surface area contributed by atoms with Gasteiger partial charge in [0.15, 0.2) is 5.65 Å². The zero-order valence-electron chi connectivity index (χ0n) is 14.7. The summed E-state index contributed by atoms with van der Waals surface area (Å²) in [6, 6.07) is 10.5. The molecular weight excluding hydrogens is 342 g/mol. The molecule has 2 N–H and O–H groups in total. The third-order valence-electron chi connectivity index (χ3n) is 5.05. The first kappa shape index (κ1) is 15.9. The van der Waals surface area contributed by atoms with Gasteiger partial charge in [0.1, 0.15) is 12.1 Å². The van der Waals surface area contributed by atoms with E-state index in [1.165, 1.54) is 5.56 Å². The normalized spacial score (nSPS) is 19.6. The maximum Gasteiger partial charge on any atom is 0.220 e. The maximum absolute atomic E-state index is 5.94. The smallest absolute Gasteiger partial charge is 0.220 e. The number of benzene rings is 1. The number of rotatable bonds is 5. The van der Waals surface area contributed by atoms with Crippen molar-refractivity contribution in [2.45, 2.75) is 37.6 Å². The predicted octanol–water partition coefficient (Wildman–Crippen LogP) is 3.07. The Bertz CT molecular complexity index is 1040. The summed E-state index contributed by atoms with van der Waals surface area (Å²) < 4.78 is 5.94. The van der Waals surface area contributed by atoms with E-state index < -0.39 is 0 Å². The van der Waals surface area contributed by atoms with Crippen molar-refractivity contribution >= 4 is 16.9 Å². The second-order valence-electron chi connectivity index (χ2n) is 6.90. The van der Waals surface area contributed by atoms with Crippen LogP contribution in [0.3, 0.4) is 0 Å². The molecule has 0 spiro atoms. The number of fused-ring (bicyclic) bond motifs is 1. The van der Waals surface area contributed by atoms with Gasteiger partial charge < -0.3 is 9.73 Å². The number of nitrogens with zero attached hydrogens (tertiary/aromatic N) is 5. The third-order valence-corrected chi connectivity index (χ3v) is 5.05. The number of nitrogens with one attached hydrogen (secondary N) is 2. The van der Waals surface area contributed by atoms with E-state index in [4.69, 9.17) is 4.42 Å². The molecule has 3 aromatic heterocycles. The Morgan fingerprint density at radius 1 is 1.11 bits per heavy atom. The number of hydrogen-bond donors (Lipinski definition) is 2.